The van der Waals surface area contributed by atoms with Crippen LogP contribution in [0.3, 0.4) is 0 Å². The number of nitrogens with zero attached hydrogens (tertiary/aromatic N) is 3. The largest absolute Gasteiger partial charge is 0.479 e. The predicted octanol–water partition coefficient (Wildman–Crippen LogP) is 0.510. The number of aryl methyl sites for hydroxylation is 1. The van der Waals surface area contributed by atoms with E-state index in [9.17, 15) is 14.0 Å². The van der Waals surface area contributed by atoms with Gasteiger partial charge in [0.15, 0.2) is 6.04 Å². The van der Waals surface area contributed by atoms with Gasteiger partial charge in [-0.2, -0.15) is 5.10 Å². The van der Waals surface area contributed by atoms with Crippen LogP contribution in [-0.4, -0.2) is 31.7 Å². The van der Waals surface area contributed by atoms with Gasteiger partial charge in [-0.1, -0.05) is 0 Å². The number of hydrogen-bond donors (Lipinski definition) is 2. The van der Waals surface area contributed by atoms with Crippen LogP contribution in [0.4, 0.5) is 4.39 Å². The van der Waals surface area contributed by atoms with E-state index in [1.54, 1.807) is 7.05 Å². The molecule has 0 saturated heterocycles. The highest BCUT2D eigenvalue weighted by Gasteiger charge is 2.24. The molecule has 2 heterocycles. The molecular weight excluding hydrogens is 267 g/mol. The predicted molar refractivity (Wildman–Crippen MR) is 65.2 cm³/mol. The fraction of sp³-hybridized carbons (Fsp3) is 0.167. The zero-order chi connectivity index (χ0) is 14.7. The number of amides is 1. The second-order valence-electron chi connectivity index (χ2n) is 4.08. The van der Waals surface area contributed by atoms with Crippen molar-refractivity contribution >= 4 is 11.9 Å². The first-order valence-corrected chi connectivity index (χ1v) is 5.60. The lowest BCUT2D eigenvalue weighted by molar-refractivity contribution is -0.139. The molecule has 0 aliphatic carbocycles. The number of aliphatic carboxylic acids is 1. The molecule has 1 amide bonds. The Balaban J connectivity index is 2.21. The Kier molecular flexibility index (Phi) is 3.74. The second kappa shape index (κ2) is 5.47. The van der Waals surface area contributed by atoms with Crippen LogP contribution < -0.4 is 5.32 Å². The first-order chi connectivity index (χ1) is 9.47. The van der Waals surface area contributed by atoms with Crippen molar-refractivity contribution < 1.29 is 19.1 Å². The highest BCUT2D eigenvalue weighted by atomic mass is 19.1. The van der Waals surface area contributed by atoms with Crippen molar-refractivity contribution in [3.8, 4) is 0 Å². The standard InChI is InChI=1S/C12H11FN4O3/c1-17-6-8(4-15-17)10(12(19)20)16-11(18)7-2-9(13)5-14-3-7/h2-6,10H,1H3,(H,16,18)(H,19,20). The molecule has 2 N–H and O–H groups in total. The number of halogens is 1. The number of carboxylic acid groups (broad SMARTS) is 1. The van der Waals surface area contributed by atoms with Crippen LogP contribution in [0.5, 0.6) is 0 Å². The molecule has 0 fully saturated rings. The van der Waals surface area contributed by atoms with Crippen LogP contribution in [0.1, 0.15) is 22.0 Å². The molecule has 0 aliphatic heterocycles. The summed E-state index contributed by atoms with van der Waals surface area (Å²) in [6, 6.07) is -0.288. The van der Waals surface area contributed by atoms with E-state index in [-0.39, 0.29) is 5.56 Å². The summed E-state index contributed by atoms with van der Waals surface area (Å²) < 4.78 is 14.4. The number of rotatable bonds is 4. The van der Waals surface area contributed by atoms with Gasteiger partial charge in [0.25, 0.3) is 5.91 Å². The van der Waals surface area contributed by atoms with Gasteiger partial charge in [0, 0.05) is 25.0 Å². The van der Waals surface area contributed by atoms with E-state index in [4.69, 9.17) is 5.11 Å². The first kappa shape index (κ1) is 13.7. The summed E-state index contributed by atoms with van der Waals surface area (Å²) in [6.07, 6.45) is 4.92. The van der Waals surface area contributed by atoms with E-state index in [0.29, 0.717) is 5.56 Å². The number of carbonyl (C=O) groups excluding carboxylic acids is 1. The highest BCUT2D eigenvalue weighted by Crippen LogP contribution is 2.13. The van der Waals surface area contributed by atoms with E-state index >= 15 is 0 Å². The lowest BCUT2D eigenvalue weighted by Gasteiger charge is -2.12. The Morgan fingerprint density at radius 1 is 1.40 bits per heavy atom. The number of pyridine rings is 1. The van der Waals surface area contributed by atoms with E-state index in [1.807, 2.05) is 0 Å². The molecular formula is C12H11FN4O3. The van der Waals surface area contributed by atoms with Crippen molar-refractivity contribution in [2.45, 2.75) is 6.04 Å². The molecule has 2 rings (SSSR count). The van der Waals surface area contributed by atoms with Crippen LogP contribution in [0.2, 0.25) is 0 Å². The summed E-state index contributed by atoms with van der Waals surface area (Å²) in [4.78, 5) is 26.6. The highest BCUT2D eigenvalue weighted by molar-refractivity contribution is 5.96. The quantitative estimate of drug-likeness (QED) is 0.849. The van der Waals surface area contributed by atoms with Crippen LogP contribution in [-0.2, 0) is 11.8 Å². The third-order valence-corrected chi connectivity index (χ3v) is 2.55. The molecule has 20 heavy (non-hydrogen) atoms. The van der Waals surface area contributed by atoms with Crippen molar-refractivity contribution in [2.24, 2.45) is 7.05 Å². The normalized spacial score (nSPS) is 11.9. The third-order valence-electron chi connectivity index (χ3n) is 2.55. The van der Waals surface area contributed by atoms with Crippen molar-refractivity contribution in [3.05, 3.63) is 47.8 Å². The Morgan fingerprint density at radius 2 is 2.15 bits per heavy atom. The van der Waals surface area contributed by atoms with E-state index < -0.39 is 23.7 Å². The maximum atomic E-state index is 13.0. The molecule has 8 heteroatoms. The van der Waals surface area contributed by atoms with Crippen LogP contribution in [0, 0.1) is 5.82 Å². The molecule has 0 radical (unpaired) electrons. The number of carbonyl (C=O) groups is 2. The minimum atomic E-state index is -1.26. The van der Waals surface area contributed by atoms with Crippen LogP contribution >= 0.6 is 0 Å². The molecule has 0 aromatic carbocycles. The molecule has 2 aromatic rings. The Labute approximate surface area is 113 Å². The Morgan fingerprint density at radius 3 is 2.70 bits per heavy atom. The van der Waals surface area contributed by atoms with Crippen molar-refractivity contribution in [1.29, 1.82) is 0 Å². The average Bonchev–Trinajstić information content (AvgIpc) is 2.81. The summed E-state index contributed by atoms with van der Waals surface area (Å²) in [6.45, 7) is 0. The monoisotopic (exact) mass is 278 g/mol. The number of nitrogens with one attached hydrogen (secondary N) is 1. The fourth-order valence-electron chi connectivity index (χ4n) is 1.63. The molecule has 2 aromatic heterocycles. The van der Waals surface area contributed by atoms with Crippen molar-refractivity contribution in [2.75, 3.05) is 0 Å². The van der Waals surface area contributed by atoms with Gasteiger partial charge < -0.3 is 10.4 Å². The van der Waals surface area contributed by atoms with Crippen molar-refractivity contribution in [1.82, 2.24) is 20.1 Å². The van der Waals surface area contributed by atoms with Crippen LogP contribution in [0.25, 0.3) is 0 Å². The van der Waals surface area contributed by atoms with Gasteiger partial charge in [-0.05, 0) is 6.07 Å². The summed E-state index contributed by atoms with van der Waals surface area (Å²) >= 11 is 0. The fourth-order valence-corrected chi connectivity index (χ4v) is 1.63. The molecule has 0 aliphatic rings. The lowest BCUT2D eigenvalue weighted by Crippen LogP contribution is -2.33. The van der Waals surface area contributed by atoms with E-state index in [2.05, 4.69) is 15.4 Å². The van der Waals surface area contributed by atoms with Crippen LogP contribution in [0.15, 0.2) is 30.9 Å². The summed E-state index contributed by atoms with van der Waals surface area (Å²) in [5, 5.41) is 15.3. The second-order valence-corrected chi connectivity index (χ2v) is 4.08. The van der Waals surface area contributed by atoms with Gasteiger partial charge in [-0.15, -0.1) is 0 Å². The molecule has 1 atom stereocenters. The van der Waals surface area contributed by atoms with E-state index in [0.717, 1.165) is 18.5 Å². The summed E-state index contributed by atoms with van der Waals surface area (Å²) in [5.74, 6) is -2.64. The van der Waals surface area contributed by atoms with Crippen molar-refractivity contribution in [3.63, 3.8) is 0 Å². The molecule has 0 saturated carbocycles. The summed E-state index contributed by atoms with van der Waals surface area (Å²) in [7, 11) is 1.63. The minimum absolute atomic E-state index is 0.0554. The van der Waals surface area contributed by atoms with E-state index in [1.165, 1.54) is 17.1 Å². The Bertz CT molecular complexity index is 656. The van der Waals surface area contributed by atoms with Gasteiger partial charge in [0.05, 0.1) is 18.0 Å². The zero-order valence-electron chi connectivity index (χ0n) is 10.4. The minimum Gasteiger partial charge on any atom is -0.479 e. The SMILES string of the molecule is Cn1cc(C(NC(=O)c2cncc(F)c2)C(=O)O)cn1. The number of carboxylic acids is 1. The van der Waals surface area contributed by atoms with Gasteiger partial charge in [0.1, 0.15) is 5.82 Å². The molecule has 1 unspecified atom stereocenters. The molecule has 7 nitrogen and oxygen atoms in total. The molecule has 0 spiro atoms. The maximum Gasteiger partial charge on any atom is 0.331 e. The Hall–Kier alpha value is -2.77. The number of hydrogen-bond acceptors (Lipinski definition) is 4. The number of aromatic nitrogens is 3. The molecule has 104 valence electrons. The first-order valence-electron chi connectivity index (χ1n) is 5.60. The summed E-state index contributed by atoms with van der Waals surface area (Å²) in [5.41, 5.74) is 0.262. The molecule has 0 bridgehead atoms. The zero-order valence-corrected chi connectivity index (χ0v) is 10.4. The topological polar surface area (TPSA) is 97.1 Å². The third kappa shape index (κ3) is 2.97. The van der Waals surface area contributed by atoms with Gasteiger partial charge >= 0.3 is 5.97 Å². The van der Waals surface area contributed by atoms with Gasteiger partial charge in [-0.3, -0.25) is 14.5 Å². The lowest BCUT2D eigenvalue weighted by atomic mass is 10.1. The smallest absolute Gasteiger partial charge is 0.331 e. The average molecular weight is 278 g/mol. The van der Waals surface area contributed by atoms with Gasteiger partial charge in [0.2, 0.25) is 0 Å². The maximum absolute atomic E-state index is 13.0. The van der Waals surface area contributed by atoms with Gasteiger partial charge in [-0.25, -0.2) is 9.18 Å².